The Labute approximate surface area is 149 Å². The lowest BCUT2D eigenvalue weighted by molar-refractivity contribution is -0.143. The van der Waals surface area contributed by atoms with Crippen LogP contribution in [0.25, 0.3) is 6.08 Å². The standard InChI is InChI=1S/C20H27NO4/c1-3-15-25-18-10-5-16(6-11-18)7-12-19(22)21(17-8-9-17)14-13-20(23)24-4-2/h5-7,10-12,17H,3-4,8-9,13-15H2,1-2H3/b12-7+. The van der Waals surface area contributed by atoms with Gasteiger partial charge in [0.2, 0.25) is 5.91 Å². The van der Waals surface area contributed by atoms with Gasteiger partial charge in [0, 0.05) is 18.7 Å². The molecule has 25 heavy (non-hydrogen) atoms. The molecule has 0 unspecified atom stereocenters. The van der Waals surface area contributed by atoms with E-state index in [2.05, 4.69) is 6.92 Å². The quantitative estimate of drug-likeness (QED) is 0.481. The van der Waals surface area contributed by atoms with Crippen LogP contribution in [0.5, 0.6) is 5.75 Å². The first-order valence-electron chi connectivity index (χ1n) is 9.01. The summed E-state index contributed by atoms with van der Waals surface area (Å²) in [6.45, 7) is 5.33. The lowest BCUT2D eigenvalue weighted by atomic mass is 10.2. The number of carbonyl (C=O) groups is 2. The van der Waals surface area contributed by atoms with Crippen molar-refractivity contribution in [3.63, 3.8) is 0 Å². The molecule has 0 aliphatic heterocycles. The fourth-order valence-electron chi connectivity index (χ4n) is 2.46. The van der Waals surface area contributed by atoms with E-state index in [1.54, 1.807) is 24.0 Å². The molecule has 0 saturated heterocycles. The second kappa shape index (κ2) is 9.87. The van der Waals surface area contributed by atoms with Crippen molar-refractivity contribution in [1.29, 1.82) is 0 Å². The topological polar surface area (TPSA) is 55.8 Å². The summed E-state index contributed by atoms with van der Waals surface area (Å²) >= 11 is 0. The first kappa shape index (κ1) is 19.0. The minimum atomic E-state index is -0.257. The van der Waals surface area contributed by atoms with Gasteiger partial charge in [-0.3, -0.25) is 9.59 Å². The highest BCUT2D eigenvalue weighted by atomic mass is 16.5. The zero-order valence-electron chi connectivity index (χ0n) is 15.1. The fraction of sp³-hybridized carbons (Fsp3) is 0.500. The van der Waals surface area contributed by atoms with Gasteiger partial charge in [-0.2, -0.15) is 0 Å². The minimum Gasteiger partial charge on any atom is -0.494 e. The molecule has 0 atom stereocenters. The zero-order chi connectivity index (χ0) is 18.1. The zero-order valence-corrected chi connectivity index (χ0v) is 15.1. The average molecular weight is 345 g/mol. The van der Waals surface area contributed by atoms with Crippen molar-refractivity contribution in [2.24, 2.45) is 0 Å². The third kappa shape index (κ3) is 6.61. The Balaban J connectivity index is 1.88. The summed E-state index contributed by atoms with van der Waals surface area (Å²) in [4.78, 5) is 25.7. The Bertz CT molecular complexity index is 590. The van der Waals surface area contributed by atoms with Crippen LogP contribution in [-0.4, -0.2) is 42.6 Å². The van der Waals surface area contributed by atoms with Gasteiger partial charge < -0.3 is 14.4 Å². The van der Waals surface area contributed by atoms with Crippen molar-refractivity contribution in [3.05, 3.63) is 35.9 Å². The van der Waals surface area contributed by atoms with Gasteiger partial charge in [-0.25, -0.2) is 0 Å². The highest BCUT2D eigenvalue weighted by Gasteiger charge is 2.31. The van der Waals surface area contributed by atoms with Gasteiger partial charge in [-0.15, -0.1) is 0 Å². The van der Waals surface area contributed by atoms with E-state index < -0.39 is 0 Å². The Kier molecular flexibility index (Phi) is 7.51. The van der Waals surface area contributed by atoms with Crippen molar-refractivity contribution in [2.45, 2.75) is 45.6 Å². The van der Waals surface area contributed by atoms with E-state index in [4.69, 9.17) is 9.47 Å². The largest absolute Gasteiger partial charge is 0.494 e. The van der Waals surface area contributed by atoms with E-state index in [1.165, 1.54) is 0 Å². The first-order valence-corrected chi connectivity index (χ1v) is 9.01. The average Bonchev–Trinajstić information content (AvgIpc) is 3.44. The molecule has 1 aliphatic carbocycles. The van der Waals surface area contributed by atoms with Crippen molar-refractivity contribution in [1.82, 2.24) is 4.90 Å². The van der Waals surface area contributed by atoms with Crippen LogP contribution in [0.3, 0.4) is 0 Å². The molecule has 1 aromatic carbocycles. The third-order valence-electron chi connectivity index (χ3n) is 3.90. The van der Waals surface area contributed by atoms with Gasteiger partial charge >= 0.3 is 5.97 Å². The van der Waals surface area contributed by atoms with Crippen molar-refractivity contribution in [2.75, 3.05) is 19.8 Å². The van der Waals surface area contributed by atoms with Gasteiger partial charge in [-0.05, 0) is 50.0 Å². The van der Waals surface area contributed by atoms with Crippen molar-refractivity contribution in [3.8, 4) is 5.75 Å². The summed E-state index contributed by atoms with van der Waals surface area (Å²) in [7, 11) is 0. The number of ether oxygens (including phenoxy) is 2. The summed E-state index contributed by atoms with van der Waals surface area (Å²) in [5, 5.41) is 0. The van der Waals surface area contributed by atoms with E-state index in [9.17, 15) is 9.59 Å². The number of rotatable bonds is 10. The predicted octanol–water partition coefficient (Wildman–Crippen LogP) is 3.43. The predicted molar refractivity (Wildman–Crippen MR) is 97.2 cm³/mol. The molecule has 1 fully saturated rings. The Hall–Kier alpha value is -2.30. The van der Waals surface area contributed by atoms with Crippen molar-refractivity contribution >= 4 is 18.0 Å². The van der Waals surface area contributed by atoms with Gasteiger partial charge in [-0.1, -0.05) is 19.1 Å². The number of hydrogen-bond donors (Lipinski definition) is 0. The van der Waals surface area contributed by atoms with Crippen LogP contribution >= 0.6 is 0 Å². The number of nitrogens with zero attached hydrogens (tertiary/aromatic N) is 1. The molecular weight excluding hydrogens is 318 g/mol. The van der Waals surface area contributed by atoms with Crippen LogP contribution in [0.4, 0.5) is 0 Å². The number of benzene rings is 1. The highest BCUT2D eigenvalue weighted by Crippen LogP contribution is 2.27. The van der Waals surface area contributed by atoms with Gasteiger partial charge in [0.1, 0.15) is 5.75 Å². The molecule has 1 aromatic rings. The lowest BCUT2D eigenvalue weighted by Gasteiger charge is -2.20. The van der Waals surface area contributed by atoms with Gasteiger partial charge in [0.25, 0.3) is 0 Å². The molecular formula is C20H27NO4. The lowest BCUT2D eigenvalue weighted by Crippen LogP contribution is -2.33. The minimum absolute atomic E-state index is 0.0573. The number of esters is 1. The molecule has 136 valence electrons. The Morgan fingerprint density at radius 3 is 2.52 bits per heavy atom. The second-order valence-electron chi connectivity index (χ2n) is 6.07. The molecule has 1 aliphatic rings. The SMILES string of the molecule is CCCOc1ccc(/C=C/C(=O)N(CCC(=O)OCC)C2CC2)cc1. The molecule has 0 spiro atoms. The Morgan fingerprint density at radius 2 is 1.92 bits per heavy atom. The smallest absolute Gasteiger partial charge is 0.307 e. The van der Waals surface area contributed by atoms with E-state index in [0.717, 1.165) is 30.6 Å². The molecule has 1 saturated carbocycles. The van der Waals surface area contributed by atoms with Crippen LogP contribution < -0.4 is 4.74 Å². The first-order chi connectivity index (χ1) is 12.1. The van der Waals surface area contributed by atoms with Crippen LogP contribution in [0.1, 0.15) is 45.1 Å². The maximum absolute atomic E-state index is 12.4. The molecule has 0 radical (unpaired) electrons. The molecule has 5 heteroatoms. The van der Waals surface area contributed by atoms with Crippen LogP contribution in [-0.2, 0) is 14.3 Å². The highest BCUT2D eigenvalue weighted by molar-refractivity contribution is 5.92. The van der Waals surface area contributed by atoms with Crippen LogP contribution in [0.15, 0.2) is 30.3 Å². The summed E-state index contributed by atoms with van der Waals surface area (Å²) in [6, 6.07) is 7.92. The normalized spacial score (nSPS) is 13.7. The summed E-state index contributed by atoms with van der Waals surface area (Å²) in [5.74, 6) is 0.519. The molecule has 5 nitrogen and oxygen atoms in total. The summed E-state index contributed by atoms with van der Waals surface area (Å²) in [6.07, 6.45) is 6.60. The summed E-state index contributed by atoms with van der Waals surface area (Å²) in [5.41, 5.74) is 0.943. The van der Waals surface area contributed by atoms with Gasteiger partial charge in [0.05, 0.1) is 19.6 Å². The fourth-order valence-corrected chi connectivity index (χ4v) is 2.46. The molecule has 0 aromatic heterocycles. The Morgan fingerprint density at radius 1 is 1.20 bits per heavy atom. The second-order valence-corrected chi connectivity index (χ2v) is 6.07. The molecule has 0 N–H and O–H groups in total. The van der Waals surface area contributed by atoms with Crippen LogP contribution in [0.2, 0.25) is 0 Å². The summed E-state index contributed by atoms with van der Waals surface area (Å²) < 4.78 is 10.5. The van der Waals surface area contributed by atoms with Crippen molar-refractivity contribution < 1.29 is 19.1 Å². The molecule has 0 heterocycles. The molecule has 0 bridgehead atoms. The molecule has 2 rings (SSSR count). The maximum atomic E-state index is 12.4. The third-order valence-corrected chi connectivity index (χ3v) is 3.90. The number of hydrogen-bond acceptors (Lipinski definition) is 4. The van der Waals surface area contributed by atoms with E-state index in [1.807, 2.05) is 24.3 Å². The van der Waals surface area contributed by atoms with E-state index >= 15 is 0 Å². The van der Waals surface area contributed by atoms with E-state index in [-0.39, 0.29) is 24.3 Å². The monoisotopic (exact) mass is 345 g/mol. The molecule has 1 amide bonds. The van der Waals surface area contributed by atoms with Crippen LogP contribution in [0, 0.1) is 0 Å². The number of amides is 1. The van der Waals surface area contributed by atoms with Gasteiger partial charge in [0.15, 0.2) is 0 Å². The maximum Gasteiger partial charge on any atom is 0.307 e. The van der Waals surface area contributed by atoms with E-state index in [0.29, 0.717) is 19.8 Å². The number of carbonyl (C=O) groups excluding carboxylic acids is 2.